The lowest BCUT2D eigenvalue weighted by Gasteiger charge is -2.24. The number of hydrogen-bond acceptors (Lipinski definition) is 6. The lowest BCUT2D eigenvalue weighted by atomic mass is 10.2. The second kappa shape index (κ2) is 10.5. The number of rotatable bonds is 9. The van der Waals surface area contributed by atoms with Crippen LogP contribution in [0.4, 0.5) is 5.69 Å². The minimum atomic E-state index is -4.12. The molecule has 0 atom stereocenters. The average Bonchev–Trinajstić information content (AvgIpc) is 2.82. The Morgan fingerprint density at radius 2 is 1.47 bits per heavy atom. The molecule has 0 radical (unpaired) electrons. The number of para-hydroxylation sites is 2. The zero-order chi connectivity index (χ0) is 23.0. The van der Waals surface area contributed by atoms with Gasteiger partial charge in [-0.25, -0.2) is 0 Å². The van der Waals surface area contributed by atoms with Crippen molar-refractivity contribution in [1.82, 2.24) is 5.32 Å². The third-order valence-electron chi connectivity index (χ3n) is 4.23. The molecule has 3 rings (SSSR count). The van der Waals surface area contributed by atoms with Gasteiger partial charge in [0.2, 0.25) is 0 Å². The smallest absolute Gasteiger partial charge is 0.325 e. The molecule has 0 spiro atoms. The van der Waals surface area contributed by atoms with Crippen molar-refractivity contribution in [2.24, 2.45) is 0 Å². The normalized spacial score (nSPS) is 10.8. The number of amides is 1. The molecule has 1 N–H and O–H groups in total. The van der Waals surface area contributed by atoms with Gasteiger partial charge in [-0.3, -0.25) is 9.59 Å². The van der Waals surface area contributed by atoms with Crippen LogP contribution >= 0.6 is 0 Å². The molecule has 0 heterocycles. The summed E-state index contributed by atoms with van der Waals surface area (Å²) in [7, 11) is -4.12. The summed E-state index contributed by atoms with van der Waals surface area (Å²) in [6.45, 7) is 1.60. The Kier molecular flexibility index (Phi) is 7.45. The van der Waals surface area contributed by atoms with Crippen LogP contribution in [0.1, 0.15) is 17.3 Å². The topological polar surface area (TPSA) is 102 Å². The second-order valence-electron chi connectivity index (χ2n) is 6.48. The van der Waals surface area contributed by atoms with E-state index in [0.717, 1.165) is 4.47 Å². The number of carbonyl (C=O) groups is 2. The fraction of sp³-hybridized carbons (Fsp3) is 0.130. The van der Waals surface area contributed by atoms with Gasteiger partial charge in [-0.1, -0.05) is 40.9 Å². The van der Waals surface area contributed by atoms with Gasteiger partial charge in [-0.2, -0.15) is 8.42 Å². The molecule has 0 aliphatic carbocycles. The van der Waals surface area contributed by atoms with Crippen LogP contribution in [0.3, 0.4) is 0 Å². The van der Waals surface area contributed by atoms with Gasteiger partial charge in [0.05, 0.1) is 17.2 Å². The molecule has 166 valence electrons. The molecule has 0 unspecified atom stereocenters. The van der Waals surface area contributed by atoms with Gasteiger partial charge in [-0.05, 0) is 55.5 Å². The molecule has 3 aromatic rings. The molecule has 0 aromatic heterocycles. The lowest BCUT2D eigenvalue weighted by Crippen LogP contribution is -2.34. The molecule has 0 bridgehead atoms. The quantitative estimate of drug-likeness (QED) is 0.394. The van der Waals surface area contributed by atoms with E-state index in [9.17, 15) is 18.0 Å². The first-order valence-corrected chi connectivity index (χ1v) is 11.2. The number of carbonyl (C=O) groups excluding carboxylic acids is 2. The van der Waals surface area contributed by atoms with Gasteiger partial charge in [0, 0.05) is 5.56 Å². The Labute approximate surface area is 186 Å². The molecular formula is C23H22N2O6S. The van der Waals surface area contributed by atoms with Crippen LogP contribution in [0.2, 0.25) is 0 Å². The second-order valence-corrected chi connectivity index (χ2v) is 8.24. The zero-order valence-electron chi connectivity index (χ0n) is 17.3. The minimum absolute atomic E-state index is 0.0702. The number of ether oxygens (including phenoxy) is 1. The third-order valence-corrected chi connectivity index (χ3v) is 5.82. The molecule has 0 saturated carbocycles. The summed E-state index contributed by atoms with van der Waals surface area (Å²) in [5, 5.41) is 2.42. The van der Waals surface area contributed by atoms with Crippen molar-refractivity contribution in [2.75, 3.05) is 17.6 Å². The minimum Gasteiger partial charge on any atom is -0.465 e. The van der Waals surface area contributed by atoms with Crippen LogP contribution in [0, 0.1) is 0 Å². The summed E-state index contributed by atoms with van der Waals surface area (Å²) < 4.78 is 32.3. The molecule has 0 fully saturated rings. The van der Waals surface area contributed by atoms with Crippen LogP contribution in [-0.2, 0) is 19.6 Å². The number of nitrogens with zero attached hydrogens (tertiary/aromatic N) is 1. The van der Waals surface area contributed by atoms with Gasteiger partial charge in [0.25, 0.3) is 15.9 Å². The molecular weight excluding hydrogens is 432 g/mol. The fourth-order valence-electron chi connectivity index (χ4n) is 2.71. The van der Waals surface area contributed by atoms with Gasteiger partial charge in [0.15, 0.2) is 5.75 Å². The van der Waals surface area contributed by atoms with Crippen LogP contribution in [0.5, 0.6) is 5.75 Å². The first-order chi connectivity index (χ1) is 15.4. The van der Waals surface area contributed by atoms with Crippen molar-refractivity contribution < 1.29 is 27.6 Å². The Balaban J connectivity index is 1.83. The Hall–Kier alpha value is -3.85. The van der Waals surface area contributed by atoms with Crippen molar-refractivity contribution in [1.29, 1.82) is 0 Å². The first kappa shape index (κ1) is 22.8. The van der Waals surface area contributed by atoms with Crippen LogP contribution < -0.4 is 14.6 Å². The maximum atomic E-state index is 13.3. The fourth-order valence-corrected chi connectivity index (χ4v) is 3.96. The van der Waals surface area contributed by atoms with E-state index in [-0.39, 0.29) is 23.6 Å². The number of sulfonamides is 1. The first-order valence-electron chi connectivity index (χ1n) is 9.79. The highest BCUT2D eigenvalue weighted by atomic mass is 32.2. The third kappa shape index (κ3) is 5.64. The predicted octanol–water partition coefficient (Wildman–Crippen LogP) is 3.17. The summed E-state index contributed by atoms with van der Waals surface area (Å²) in [5.41, 5.74) is 0.510. The highest BCUT2D eigenvalue weighted by Crippen LogP contribution is 2.26. The van der Waals surface area contributed by atoms with Crippen molar-refractivity contribution in [3.05, 3.63) is 90.5 Å². The van der Waals surface area contributed by atoms with E-state index in [1.54, 1.807) is 67.6 Å². The summed E-state index contributed by atoms with van der Waals surface area (Å²) in [6, 6.07) is 22.2. The van der Waals surface area contributed by atoms with Gasteiger partial charge < -0.3 is 14.9 Å². The van der Waals surface area contributed by atoms with Gasteiger partial charge in [-0.15, -0.1) is 0 Å². The van der Waals surface area contributed by atoms with E-state index < -0.39 is 21.9 Å². The molecule has 0 aliphatic heterocycles. The molecule has 0 saturated heterocycles. The molecule has 8 nitrogen and oxygen atoms in total. The van der Waals surface area contributed by atoms with Crippen LogP contribution in [0.25, 0.3) is 0 Å². The average molecular weight is 455 g/mol. The SMILES string of the molecule is CCOC(=O)CNC(=O)c1ccc(S(=O)(=O)N(Oc2ccccc2)c2ccccc2)cc1. The molecule has 32 heavy (non-hydrogen) atoms. The number of hydrogen-bond donors (Lipinski definition) is 1. The van der Waals surface area contributed by atoms with E-state index in [4.69, 9.17) is 9.57 Å². The number of anilines is 1. The molecule has 1 amide bonds. The van der Waals surface area contributed by atoms with E-state index in [1.807, 2.05) is 0 Å². The maximum absolute atomic E-state index is 13.3. The summed E-state index contributed by atoms with van der Waals surface area (Å²) >= 11 is 0. The lowest BCUT2D eigenvalue weighted by molar-refractivity contribution is -0.141. The highest BCUT2D eigenvalue weighted by Gasteiger charge is 2.27. The summed E-state index contributed by atoms with van der Waals surface area (Å²) in [5.74, 6) is -0.742. The standard InChI is InChI=1S/C23H22N2O6S/c1-2-30-22(26)17-24-23(27)18-13-15-21(16-14-18)32(28,29)25(19-9-5-3-6-10-19)31-20-11-7-4-8-12-20/h3-16H,2,17H2,1H3,(H,24,27). The Morgan fingerprint density at radius 1 is 0.875 bits per heavy atom. The van der Waals surface area contributed by atoms with E-state index in [1.165, 1.54) is 24.3 Å². The number of nitrogens with one attached hydrogen (secondary N) is 1. The number of benzene rings is 3. The highest BCUT2D eigenvalue weighted by molar-refractivity contribution is 7.92. The van der Waals surface area contributed by atoms with Crippen molar-refractivity contribution in [3.8, 4) is 5.75 Å². The molecule has 3 aromatic carbocycles. The largest absolute Gasteiger partial charge is 0.465 e. The Morgan fingerprint density at radius 3 is 2.06 bits per heavy atom. The van der Waals surface area contributed by atoms with Crippen LogP contribution in [0.15, 0.2) is 89.8 Å². The van der Waals surface area contributed by atoms with E-state index in [2.05, 4.69) is 5.32 Å². The molecule has 9 heteroatoms. The zero-order valence-corrected chi connectivity index (χ0v) is 18.1. The number of esters is 1. The van der Waals surface area contributed by atoms with Gasteiger partial charge in [0.1, 0.15) is 6.54 Å². The van der Waals surface area contributed by atoms with E-state index >= 15 is 0 Å². The van der Waals surface area contributed by atoms with Crippen LogP contribution in [-0.4, -0.2) is 33.4 Å². The monoisotopic (exact) mass is 454 g/mol. The van der Waals surface area contributed by atoms with Crippen molar-refractivity contribution in [3.63, 3.8) is 0 Å². The van der Waals surface area contributed by atoms with Crippen molar-refractivity contribution >= 4 is 27.6 Å². The maximum Gasteiger partial charge on any atom is 0.325 e. The molecule has 0 aliphatic rings. The predicted molar refractivity (Wildman–Crippen MR) is 119 cm³/mol. The summed E-state index contributed by atoms with van der Waals surface area (Å²) in [4.78, 5) is 29.2. The van der Waals surface area contributed by atoms with Crippen molar-refractivity contribution in [2.45, 2.75) is 11.8 Å². The van der Waals surface area contributed by atoms with Gasteiger partial charge >= 0.3 is 5.97 Å². The summed E-state index contributed by atoms with van der Waals surface area (Å²) in [6.07, 6.45) is 0. The van der Waals surface area contributed by atoms with E-state index in [0.29, 0.717) is 11.4 Å². The Bertz CT molecular complexity index is 1150.